The summed E-state index contributed by atoms with van der Waals surface area (Å²) in [7, 11) is 0. The number of hydrogen-bond acceptors (Lipinski definition) is 5. The van der Waals surface area contributed by atoms with Gasteiger partial charge in [-0.25, -0.2) is 9.37 Å². The zero-order valence-electron chi connectivity index (χ0n) is 15.3. The van der Waals surface area contributed by atoms with Crippen molar-refractivity contribution in [3.05, 3.63) is 46.7 Å². The van der Waals surface area contributed by atoms with E-state index in [1.54, 1.807) is 12.1 Å². The Hall–Kier alpha value is -2.32. The van der Waals surface area contributed by atoms with E-state index in [2.05, 4.69) is 15.6 Å². The number of thiazole rings is 1. The number of unbranched alkanes of at least 4 members (excludes halogenated alkanes) is 2. The lowest BCUT2D eigenvalue weighted by atomic mass is 10.1. The number of aryl methyl sites for hydroxylation is 1. The number of anilines is 1. The quantitative estimate of drug-likeness (QED) is 0.574. The van der Waals surface area contributed by atoms with Crippen LogP contribution in [0.15, 0.2) is 29.6 Å². The number of nitrogens with zero attached hydrogens (tertiary/aromatic N) is 1. The highest BCUT2D eigenvalue weighted by Crippen LogP contribution is 2.17. The Kier molecular flexibility index (Phi) is 8.86. The highest BCUT2D eigenvalue weighted by molar-refractivity contribution is 7.13. The summed E-state index contributed by atoms with van der Waals surface area (Å²) in [4.78, 5) is 27.0. The summed E-state index contributed by atoms with van der Waals surface area (Å²) in [6, 6.07) is 6.00. The lowest BCUT2D eigenvalue weighted by molar-refractivity contribution is -0.126. The number of aromatic nitrogens is 1. The van der Waals surface area contributed by atoms with E-state index < -0.39 is 0 Å². The Bertz CT molecular complexity index is 734. The van der Waals surface area contributed by atoms with Crippen molar-refractivity contribution in [1.82, 2.24) is 10.3 Å². The Morgan fingerprint density at radius 3 is 2.70 bits per heavy atom. The molecule has 1 aromatic heterocycles. The van der Waals surface area contributed by atoms with Gasteiger partial charge in [-0.15, -0.1) is 11.3 Å². The number of nitrogens with one attached hydrogen (secondary N) is 2. The molecule has 27 heavy (non-hydrogen) atoms. The average molecular weight is 393 g/mol. The van der Waals surface area contributed by atoms with Gasteiger partial charge in [0.1, 0.15) is 12.4 Å². The maximum Gasteiger partial charge on any atom is 0.246 e. The van der Waals surface area contributed by atoms with E-state index >= 15 is 0 Å². The SMILES string of the molecule is CC(=O)Nc1nc(CCCCCNC(=O)COCc2ccc(F)cc2)cs1. The summed E-state index contributed by atoms with van der Waals surface area (Å²) in [5.41, 5.74) is 1.80. The Labute approximate surface area is 162 Å². The molecule has 146 valence electrons. The van der Waals surface area contributed by atoms with Gasteiger partial charge in [-0.3, -0.25) is 9.59 Å². The van der Waals surface area contributed by atoms with Crippen LogP contribution in [0.4, 0.5) is 9.52 Å². The zero-order chi connectivity index (χ0) is 19.5. The fourth-order valence-corrected chi connectivity index (χ4v) is 3.15. The predicted molar refractivity (Wildman–Crippen MR) is 103 cm³/mol. The van der Waals surface area contributed by atoms with Crippen LogP contribution in [0, 0.1) is 5.82 Å². The van der Waals surface area contributed by atoms with Gasteiger partial charge in [-0.05, 0) is 37.0 Å². The van der Waals surface area contributed by atoms with Gasteiger partial charge in [0.25, 0.3) is 0 Å². The first-order chi connectivity index (χ1) is 13.0. The van der Waals surface area contributed by atoms with Gasteiger partial charge in [0.05, 0.1) is 12.3 Å². The van der Waals surface area contributed by atoms with Crippen LogP contribution in [-0.4, -0.2) is 29.9 Å². The normalized spacial score (nSPS) is 10.6. The summed E-state index contributed by atoms with van der Waals surface area (Å²) in [5.74, 6) is -0.565. The minimum atomic E-state index is -0.292. The Morgan fingerprint density at radius 2 is 1.96 bits per heavy atom. The topological polar surface area (TPSA) is 80.3 Å². The molecule has 0 atom stereocenters. The fourth-order valence-electron chi connectivity index (χ4n) is 2.36. The van der Waals surface area contributed by atoms with Gasteiger partial charge >= 0.3 is 0 Å². The minimum absolute atomic E-state index is 0.0118. The molecule has 8 heteroatoms. The van der Waals surface area contributed by atoms with Crippen molar-refractivity contribution in [2.45, 2.75) is 39.2 Å². The highest BCUT2D eigenvalue weighted by Gasteiger charge is 2.04. The van der Waals surface area contributed by atoms with Crippen molar-refractivity contribution in [2.75, 3.05) is 18.5 Å². The van der Waals surface area contributed by atoms with Crippen LogP contribution >= 0.6 is 11.3 Å². The van der Waals surface area contributed by atoms with E-state index in [0.717, 1.165) is 36.9 Å². The summed E-state index contributed by atoms with van der Waals surface area (Å²) < 4.78 is 18.1. The number of amides is 2. The third-order valence-corrected chi connectivity index (χ3v) is 4.49. The maximum absolute atomic E-state index is 12.8. The molecule has 0 saturated heterocycles. The van der Waals surface area contributed by atoms with Crippen molar-refractivity contribution in [3.8, 4) is 0 Å². The van der Waals surface area contributed by atoms with Gasteiger partial charge in [0.15, 0.2) is 5.13 Å². The first-order valence-corrected chi connectivity index (χ1v) is 9.72. The molecule has 1 heterocycles. The second kappa shape index (κ2) is 11.4. The molecule has 0 aliphatic rings. The van der Waals surface area contributed by atoms with Crippen LogP contribution in [0.2, 0.25) is 0 Å². The van der Waals surface area contributed by atoms with Crippen molar-refractivity contribution in [1.29, 1.82) is 0 Å². The molecule has 6 nitrogen and oxygen atoms in total. The van der Waals surface area contributed by atoms with Crippen molar-refractivity contribution >= 4 is 28.3 Å². The lowest BCUT2D eigenvalue weighted by Gasteiger charge is -2.06. The number of benzene rings is 1. The molecule has 2 N–H and O–H groups in total. The molecule has 2 aromatic rings. The molecule has 0 radical (unpaired) electrons. The summed E-state index contributed by atoms with van der Waals surface area (Å²) in [6.45, 7) is 2.33. The van der Waals surface area contributed by atoms with Crippen molar-refractivity contribution in [3.63, 3.8) is 0 Å². The second-order valence-corrected chi connectivity index (χ2v) is 6.96. The van der Waals surface area contributed by atoms with E-state index in [-0.39, 0.29) is 30.8 Å². The highest BCUT2D eigenvalue weighted by atomic mass is 32.1. The monoisotopic (exact) mass is 393 g/mol. The molecule has 0 spiro atoms. The number of carbonyl (C=O) groups excluding carboxylic acids is 2. The van der Waals surface area contributed by atoms with Gasteiger partial charge in [-0.1, -0.05) is 18.6 Å². The van der Waals surface area contributed by atoms with E-state index in [1.165, 1.54) is 30.4 Å². The summed E-state index contributed by atoms with van der Waals surface area (Å²) in [5, 5.41) is 8.07. The largest absolute Gasteiger partial charge is 0.367 e. The number of carbonyl (C=O) groups is 2. The standard InChI is InChI=1S/C19H24FN3O3S/c1-14(24)22-19-23-17(13-27-19)5-3-2-4-10-21-18(25)12-26-11-15-6-8-16(20)9-7-15/h6-9,13H,2-5,10-12H2,1H3,(H,21,25)(H,22,23,24). The number of rotatable bonds is 11. The second-order valence-electron chi connectivity index (χ2n) is 6.11. The van der Waals surface area contributed by atoms with Crippen LogP contribution in [0.25, 0.3) is 0 Å². The van der Waals surface area contributed by atoms with E-state index in [9.17, 15) is 14.0 Å². The van der Waals surface area contributed by atoms with E-state index in [1.807, 2.05) is 5.38 Å². The molecule has 1 aromatic carbocycles. The number of hydrogen-bond donors (Lipinski definition) is 2. The predicted octanol–water partition coefficient (Wildman–Crippen LogP) is 3.29. The van der Waals surface area contributed by atoms with Crippen molar-refractivity contribution in [2.24, 2.45) is 0 Å². The van der Waals surface area contributed by atoms with E-state index in [4.69, 9.17) is 4.74 Å². The summed E-state index contributed by atoms with van der Waals surface area (Å²) >= 11 is 1.42. The maximum atomic E-state index is 12.8. The third kappa shape index (κ3) is 8.74. The van der Waals surface area contributed by atoms with E-state index in [0.29, 0.717) is 11.7 Å². The fraction of sp³-hybridized carbons (Fsp3) is 0.421. The summed E-state index contributed by atoms with van der Waals surface area (Å²) in [6.07, 6.45) is 3.68. The molecule has 0 fully saturated rings. The molecule has 0 saturated carbocycles. The zero-order valence-corrected chi connectivity index (χ0v) is 16.1. The minimum Gasteiger partial charge on any atom is -0.367 e. The number of ether oxygens (including phenoxy) is 1. The van der Waals surface area contributed by atoms with Crippen LogP contribution in [0.1, 0.15) is 37.4 Å². The first-order valence-electron chi connectivity index (χ1n) is 8.84. The van der Waals surface area contributed by atoms with Crippen LogP contribution in [0.3, 0.4) is 0 Å². The molecular formula is C19H24FN3O3S. The molecule has 0 aliphatic heterocycles. The van der Waals surface area contributed by atoms with Crippen LogP contribution < -0.4 is 10.6 Å². The van der Waals surface area contributed by atoms with Gasteiger partial charge in [0, 0.05) is 18.8 Å². The van der Waals surface area contributed by atoms with Crippen LogP contribution in [0.5, 0.6) is 0 Å². The number of halogens is 1. The Morgan fingerprint density at radius 1 is 1.19 bits per heavy atom. The molecule has 0 unspecified atom stereocenters. The molecular weight excluding hydrogens is 369 g/mol. The van der Waals surface area contributed by atoms with Gasteiger partial charge < -0.3 is 15.4 Å². The average Bonchev–Trinajstić information content (AvgIpc) is 3.06. The molecule has 2 rings (SSSR count). The van der Waals surface area contributed by atoms with Crippen molar-refractivity contribution < 1.29 is 18.7 Å². The molecule has 0 aliphatic carbocycles. The third-order valence-electron chi connectivity index (χ3n) is 3.68. The van der Waals surface area contributed by atoms with Gasteiger partial charge in [-0.2, -0.15) is 0 Å². The Balaban J connectivity index is 1.48. The molecule has 0 bridgehead atoms. The van der Waals surface area contributed by atoms with Crippen LogP contribution in [-0.2, 0) is 27.4 Å². The van der Waals surface area contributed by atoms with Gasteiger partial charge in [0.2, 0.25) is 11.8 Å². The lowest BCUT2D eigenvalue weighted by Crippen LogP contribution is -2.28. The molecule has 2 amide bonds. The first kappa shape index (κ1) is 21.0. The smallest absolute Gasteiger partial charge is 0.246 e.